The molecule has 4 nitrogen and oxygen atoms in total. The van der Waals surface area contributed by atoms with Gasteiger partial charge >= 0.3 is 6.03 Å². The fourth-order valence-electron chi connectivity index (χ4n) is 3.87. The molecule has 1 aromatic carbocycles. The van der Waals surface area contributed by atoms with Crippen LogP contribution in [0, 0.1) is 5.92 Å². The Morgan fingerprint density at radius 1 is 1.17 bits per heavy atom. The summed E-state index contributed by atoms with van der Waals surface area (Å²) in [4.78, 5) is 16.0. The predicted molar refractivity (Wildman–Crippen MR) is 93.4 cm³/mol. The molecule has 3 rings (SSSR count). The summed E-state index contributed by atoms with van der Waals surface area (Å²) in [6.45, 7) is 3.50. The molecule has 0 bridgehead atoms. The molecule has 4 heteroatoms. The Bertz CT molecular complexity index is 535. The monoisotopic (exact) mass is 315 g/mol. The first kappa shape index (κ1) is 16.3. The number of rotatable bonds is 3. The quantitative estimate of drug-likeness (QED) is 0.931. The minimum atomic E-state index is 0.0427. The van der Waals surface area contributed by atoms with Gasteiger partial charge in [0.25, 0.3) is 0 Å². The van der Waals surface area contributed by atoms with Crippen LogP contribution in [0.3, 0.4) is 0 Å². The minimum absolute atomic E-state index is 0.0427. The second kappa shape index (κ2) is 7.35. The van der Waals surface area contributed by atoms with Crippen molar-refractivity contribution < 1.29 is 4.79 Å². The van der Waals surface area contributed by atoms with Gasteiger partial charge in [0.05, 0.1) is 0 Å². The molecule has 1 saturated carbocycles. The van der Waals surface area contributed by atoms with Crippen molar-refractivity contribution in [2.75, 3.05) is 27.2 Å². The van der Waals surface area contributed by atoms with Crippen LogP contribution < -0.4 is 5.32 Å². The molecule has 23 heavy (non-hydrogen) atoms. The van der Waals surface area contributed by atoms with Crippen LogP contribution in [0.2, 0.25) is 0 Å². The molecule has 0 spiro atoms. The number of urea groups is 1. The van der Waals surface area contributed by atoms with Crippen molar-refractivity contribution >= 4 is 6.03 Å². The van der Waals surface area contributed by atoms with Crippen molar-refractivity contribution in [1.82, 2.24) is 15.1 Å². The third kappa shape index (κ3) is 4.25. The fraction of sp³-hybridized carbons (Fsp3) is 0.632. The fourth-order valence-corrected chi connectivity index (χ4v) is 3.87. The first-order valence-electron chi connectivity index (χ1n) is 8.89. The number of nitrogens with one attached hydrogen (secondary N) is 1. The van der Waals surface area contributed by atoms with E-state index < -0.39 is 0 Å². The summed E-state index contributed by atoms with van der Waals surface area (Å²) in [7, 11) is 3.60. The number of nitrogens with zero attached hydrogens (tertiary/aromatic N) is 2. The van der Waals surface area contributed by atoms with Gasteiger partial charge in [0.1, 0.15) is 0 Å². The highest BCUT2D eigenvalue weighted by molar-refractivity contribution is 5.73. The molecule has 0 unspecified atom stereocenters. The SMILES string of the molecule is CN(C)C(=O)NC1CCC(CN2CCc3ccccc3C2)CC1. The summed E-state index contributed by atoms with van der Waals surface area (Å²) < 4.78 is 0. The van der Waals surface area contributed by atoms with Crippen LogP contribution >= 0.6 is 0 Å². The van der Waals surface area contributed by atoms with Crippen LogP contribution in [0.25, 0.3) is 0 Å². The standard InChI is InChI=1S/C19H29N3O/c1-21(2)19(23)20-18-9-7-15(8-10-18)13-22-12-11-16-5-3-4-6-17(16)14-22/h3-6,15,18H,7-14H2,1-2H3,(H,20,23). The molecule has 1 aliphatic heterocycles. The first-order chi connectivity index (χ1) is 11.1. The molecule has 1 fully saturated rings. The number of benzene rings is 1. The Morgan fingerprint density at radius 3 is 2.57 bits per heavy atom. The summed E-state index contributed by atoms with van der Waals surface area (Å²) >= 11 is 0. The highest BCUT2D eigenvalue weighted by Crippen LogP contribution is 2.27. The Morgan fingerprint density at radius 2 is 1.87 bits per heavy atom. The average Bonchev–Trinajstić information content (AvgIpc) is 2.56. The molecule has 1 heterocycles. The van der Waals surface area contributed by atoms with Gasteiger partial charge in [0.2, 0.25) is 0 Å². The Labute approximate surface area is 139 Å². The Kier molecular flexibility index (Phi) is 5.21. The second-order valence-electron chi connectivity index (χ2n) is 7.32. The summed E-state index contributed by atoms with van der Waals surface area (Å²) in [6, 6.07) is 9.25. The summed E-state index contributed by atoms with van der Waals surface area (Å²) in [6.07, 6.45) is 5.89. The largest absolute Gasteiger partial charge is 0.335 e. The predicted octanol–water partition coefficient (Wildman–Crippen LogP) is 2.87. The van der Waals surface area contributed by atoms with Gasteiger partial charge in [-0.1, -0.05) is 24.3 Å². The molecule has 1 aromatic rings. The lowest BCUT2D eigenvalue weighted by Crippen LogP contribution is -2.44. The van der Waals surface area contributed by atoms with E-state index in [0.29, 0.717) is 6.04 Å². The number of fused-ring (bicyclic) bond motifs is 1. The first-order valence-corrected chi connectivity index (χ1v) is 8.89. The smallest absolute Gasteiger partial charge is 0.317 e. The van der Waals surface area contributed by atoms with Crippen molar-refractivity contribution in [2.45, 2.75) is 44.7 Å². The van der Waals surface area contributed by atoms with E-state index in [2.05, 4.69) is 34.5 Å². The zero-order valence-corrected chi connectivity index (χ0v) is 14.4. The van der Waals surface area contributed by atoms with Gasteiger partial charge in [-0.2, -0.15) is 0 Å². The summed E-state index contributed by atoms with van der Waals surface area (Å²) in [5, 5.41) is 3.13. The van der Waals surface area contributed by atoms with E-state index in [1.54, 1.807) is 19.0 Å². The Balaban J connectivity index is 1.44. The van der Waals surface area contributed by atoms with Gasteiger partial charge in [0, 0.05) is 39.8 Å². The number of carbonyl (C=O) groups is 1. The normalized spacial score (nSPS) is 24.8. The van der Waals surface area contributed by atoms with Crippen molar-refractivity contribution in [3.05, 3.63) is 35.4 Å². The topological polar surface area (TPSA) is 35.6 Å². The molecular weight excluding hydrogens is 286 g/mol. The minimum Gasteiger partial charge on any atom is -0.335 e. The maximum Gasteiger partial charge on any atom is 0.317 e. The van der Waals surface area contributed by atoms with Gasteiger partial charge < -0.3 is 10.2 Å². The van der Waals surface area contributed by atoms with E-state index in [9.17, 15) is 4.79 Å². The number of hydrogen-bond acceptors (Lipinski definition) is 2. The molecule has 0 aromatic heterocycles. The highest BCUT2D eigenvalue weighted by atomic mass is 16.2. The zero-order chi connectivity index (χ0) is 16.2. The van der Waals surface area contributed by atoms with Gasteiger partial charge in [-0.3, -0.25) is 4.90 Å². The molecule has 0 saturated heterocycles. The van der Waals surface area contributed by atoms with E-state index in [-0.39, 0.29) is 6.03 Å². The van der Waals surface area contributed by atoms with E-state index in [1.807, 2.05) is 0 Å². The van der Waals surface area contributed by atoms with Crippen LogP contribution in [0.5, 0.6) is 0 Å². The van der Waals surface area contributed by atoms with Gasteiger partial charge in [0.15, 0.2) is 0 Å². The second-order valence-corrected chi connectivity index (χ2v) is 7.32. The molecular formula is C19H29N3O. The lowest BCUT2D eigenvalue weighted by atomic mass is 9.85. The molecule has 2 amide bonds. The number of hydrogen-bond donors (Lipinski definition) is 1. The lowest BCUT2D eigenvalue weighted by Gasteiger charge is -2.35. The van der Waals surface area contributed by atoms with Crippen LogP contribution in [-0.4, -0.2) is 49.1 Å². The molecule has 126 valence electrons. The van der Waals surface area contributed by atoms with Crippen LogP contribution in [-0.2, 0) is 13.0 Å². The highest BCUT2D eigenvalue weighted by Gasteiger charge is 2.25. The lowest BCUT2D eigenvalue weighted by molar-refractivity contribution is 0.171. The van der Waals surface area contributed by atoms with Crippen molar-refractivity contribution in [1.29, 1.82) is 0 Å². The van der Waals surface area contributed by atoms with E-state index in [4.69, 9.17) is 0 Å². The van der Waals surface area contributed by atoms with Crippen molar-refractivity contribution in [2.24, 2.45) is 5.92 Å². The third-order valence-electron chi connectivity index (χ3n) is 5.31. The maximum absolute atomic E-state index is 11.7. The van der Waals surface area contributed by atoms with Crippen LogP contribution in [0.1, 0.15) is 36.8 Å². The van der Waals surface area contributed by atoms with Gasteiger partial charge in [-0.15, -0.1) is 0 Å². The molecule has 0 atom stereocenters. The Hall–Kier alpha value is -1.55. The van der Waals surface area contributed by atoms with Crippen LogP contribution in [0.4, 0.5) is 4.79 Å². The van der Waals surface area contributed by atoms with E-state index in [0.717, 1.165) is 25.3 Å². The molecule has 1 aliphatic carbocycles. The van der Waals surface area contributed by atoms with Crippen molar-refractivity contribution in [3.8, 4) is 0 Å². The van der Waals surface area contributed by atoms with Gasteiger partial charge in [-0.25, -0.2) is 4.79 Å². The van der Waals surface area contributed by atoms with Crippen molar-refractivity contribution in [3.63, 3.8) is 0 Å². The van der Waals surface area contributed by atoms with E-state index >= 15 is 0 Å². The van der Waals surface area contributed by atoms with E-state index in [1.165, 1.54) is 43.5 Å². The maximum atomic E-state index is 11.7. The molecule has 2 aliphatic rings. The summed E-state index contributed by atoms with van der Waals surface area (Å²) in [5.74, 6) is 0.785. The molecule has 0 radical (unpaired) electrons. The van der Waals surface area contributed by atoms with Gasteiger partial charge in [-0.05, 0) is 49.1 Å². The zero-order valence-electron chi connectivity index (χ0n) is 14.4. The van der Waals surface area contributed by atoms with Crippen LogP contribution in [0.15, 0.2) is 24.3 Å². The summed E-state index contributed by atoms with van der Waals surface area (Å²) in [5.41, 5.74) is 3.03. The molecule has 1 N–H and O–H groups in total. The number of carbonyl (C=O) groups excluding carboxylic acids is 1. The third-order valence-corrected chi connectivity index (χ3v) is 5.31. The number of amides is 2. The average molecular weight is 315 g/mol.